The standard InChI is InChI=1S/C19H27N3O5S/c1-28(25,26)14-13-20-9-11-21(12-10-20)19(24)15-27-17-6-4-16(5-7-17)22-8-2-3-18(22)23/h4-7H,2-3,8-15H2,1H3. The van der Waals surface area contributed by atoms with Crippen LogP contribution in [0.1, 0.15) is 12.8 Å². The van der Waals surface area contributed by atoms with Crippen molar-refractivity contribution < 1.29 is 22.7 Å². The van der Waals surface area contributed by atoms with Gasteiger partial charge in [-0.1, -0.05) is 0 Å². The van der Waals surface area contributed by atoms with Gasteiger partial charge in [0.1, 0.15) is 15.6 Å². The van der Waals surface area contributed by atoms with E-state index in [2.05, 4.69) is 4.90 Å². The molecule has 2 amide bonds. The molecule has 0 unspecified atom stereocenters. The highest BCUT2D eigenvalue weighted by atomic mass is 32.2. The third-order valence-corrected chi connectivity index (χ3v) is 6.01. The molecule has 8 nitrogen and oxygen atoms in total. The Balaban J connectivity index is 1.41. The molecule has 0 aromatic heterocycles. The maximum absolute atomic E-state index is 12.3. The van der Waals surface area contributed by atoms with Gasteiger partial charge in [0.15, 0.2) is 6.61 Å². The van der Waals surface area contributed by atoms with E-state index in [4.69, 9.17) is 4.74 Å². The Morgan fingerprint density at radius 1 is 1.07 bits per heavy atom. The molecule has 0 N–H and O–H groups in total. The predicted octanol–water partition coefficient (Wildman–Crippen LogP) is 0.381. The number of ether oxygens (including phenoxy) is 1. The van der Waals surface area contributed by atoms with Gasteiger partial charge in [0.05, 0.1) is 5.75 Å². The first kappa shape index (κ1) is 20.6. The molecule has 0 spiro atoms. The Morgan fingerprint density at radius 2 is 1.75 bits per heavy atom. The minimum Gasteiger partial charge on any atom is -0.484 e. The number of rotatable bonds is 7. The van der Waals surface area contributed by atoms with E-state index in [9.17, 15) is 18.0 Å². The van der Waals surface area contributed by atoms with Gasteiger partial charge in [-0.15, -0.1) is 0 Å². The van der Waals surface area contributed by atoms with Crippen molar-refractivity contribution in [3.8, 4) is 5.75 Å². The molecule has 1 aromatic carbocycles. The van der Waals surface area contributed by atoms with E-state index in [-0.39, 0.29) is 24.2 Å². The van der Waals surface area contributed by atoms with Crippen molar-refractivity contribution in [2.75, 3.05) is 62.8 Å². The van der Waals surface area contributed by atoms with Gasteiger partial charge >= 0.3 is 0 Å². The Hall–Kier alpha value is -2.13. The molecule has 2 saturated heterocycles. The van der Waals surface area contributed by atoms with Crippen LogP contribution in [0.2, 0.25) is 0 Å². The Bertz CT molecular complexity index is 801. The zero-order chi connectivity index (χ0) is 20.1. The van der Waals surface area contributed by atoms with Crippen LogP contribution in [0, 0.1) is 0 Å². The van der Waals surface area contributed by atoms with Crippen LogP contribution in [0.15, 0.2) is 24.3 Å². The number of amides is 2. The van der Waals surface area contributed by atoms with Gasteiger partial charge in [-0.05, 0) is 30.7 Å². The molecule has 3 rings (SSSR count). The van der Waals surface area contributed by atoms with Crippen LogP contribution in [-0.4, -0.2) is 87.9 Å². The monoisotopic (exact) mass is 409 g/mol. The lowest BCUT2D eigenvalue weighted by atomic mass is 10.3. The second kappa shape index (κ2) is 8.91. The molecule has 0 atom stereocenters. The van der Waals surface area contributed by atoms with Crippen LogP contribution in [0.3, 0.4) is 0 Å². The molecule has 2 aliphatic heterocycles. The summed E-state index contributed by atoms with van der Waals surface area (Å²) in [5.41, 5.74) is 0.853. The summed E-state index contributed by atoms with van der Waals surface area (Å²) in [6.07, 6.45) is 2.71. The lowest BCUT2D eigenvalue weighted by Gasteiger charge is -2.34. The smallest absolute Gasteiger partial charge is 0.260 e. The van der Waals surface area contributed by atoms with Crippen molar-refractivity contribution in [1.29, 1.82) is 0 Å². The topological polar surface area (TPSA) is 87.2 Å². The van der Waals surface area contributed by atoms with Crippen LogP contribution in [0.5, 0.6) is 5.75 Å². The van der Waals surface area contributed by atoms with Crippen LogP contribution in [-0.2, 0) is 19.4 Å². The second-order valence-electron chi connectivity index (χ2n) is 7.28. The highest BCUT2D eigenvalue weighted by Gasteiger charge is 2.23. The average molecular weight is 410 g/mol. The predicted molar refractivity (Wildman–Crippen MR) is 106 cm³/mol. The first-order valence-electron chi connectivity index (χ1n) is 9.53. The summed E-state index contributed by atoms with van der Waals surface area (Å²) in [6.45, 7) is 3.69. The molecular formula is C19H27N3O5S. The van der Waals surface area contributed by atoms with E-state index >= 15 is 0 Å². The van der Waals surface area contributed by atoms with Gasteiger partial charge in [0, 0.05) is 57.6 Å². The third kappa shape index (κ3) is 5.68. The summed E-state index contributed by atoms with van der Waals surface area (Å²) in [6, 6.07) is 7.22. The van der Waals surface area contributed by atoms with Gasteiger partial charge in [0.25, 0.3) is 5.91 Å². The van der Waals surface area contributed by atoms with Gasteiger partial charge in [-0.25, -0.2) is 8.42 Å². The highest BCUT2D eigenvalue weighted by molar-refractivity contribution is 7.90. The van der Waals surface area contributed by atoms with Gasteiger partial charge in [0.2, 0.25) is 5.91 Å². The first-order valence-corrected chi connectivity index (χ1v) is 11.6. The van der Waals surface area contributed by atoms with Crippen molar-refractivity contribution in [2.45, 2.75) is 12.8 Å². The summed E-state index contributed by atoms with van der Waals surface area (Å²) >= 11 is 0. The number of benzene rings is 1. The van der Waals surface area contributed by atoms with Gasteiger partial charge in [-0.3, -0.25) is 14.5 Å². The Morgan fingerprint density at radius 3 is 2.32 bits per heavy atom. The second-order valence-corrected chi connectivity index (χ2v) is 9.54. The fraction of sp³-hybridized carbons (Fsp3) is 0.579. The fourth-order valence-electron chi connectivity index (χ4n) is 3.40. The highest BCUT2D eigenvalue weighted by Crippen LogP contribution is 2.23. The van der Waals surface area contributed by atoms with Crippen molar-refractivity contribution >= 4 is 27.3 Å². The molecule has 28 heavy (non-hydrogen) atoms. The average Bonchev–Trinajstić information content (AvgIpc) is 3.10. The first-order chi connectivity index (χ1) is 13.3. The summed E-state index contributed by atoms with van der Waals surface area (Å²) < 4.78 is 28.1. The lowest BCUT2D eigenvalue weighted by Crippen LogP contribution is -2.50. The number of hydrogen-bond acceptors (Lipinski definition) is 6. The number of hydrogen-bond donors (Lipinski definition) is 0. The number of anilines is 1. The molecule has 2 heterocycles. The molecular weight excluding hydrogens is 382 g/mol. The zero-order valence-electron chi connectivity index (χ0n) is 16.2. The van der Waals surface area contributed by atoms with Crippen LogP contribution < -0.4 is 9.64 Å². The third-order valence-electron chi connectivity index (χ3n) is 5.09. The molecule has 2 fully saturated rings. The number of sulfone groups is 1. The Kier molecular flexibility index (Phi) is 6.56. The molecule has 1 aromatic rings. The number of piperazine rings is 1. The number of carbonyl (C=O) groups is 2. The van der Waals surface area contributed by atoms with E-state index in [1.807, 2.05) is 12.1 Å². The Labute approximate surface area is 166 Å². The van der Waals surface area contributed by atoms with Gasteiger partial charge < -0.3 is 14.5 Å². The largest absolute Gasteiger partial charge is 0.484 e. The van der Waals surface area contributed by atoms with Crippen LogP contribution >= 0.6 is 0 Å². The van der Waals surface area contributed by atoms with Crippen LogP contribution in [0.25, 0.3) is 0 Å². The summed E-state index contributed by atoms with van der Waals surface area (Å²) in [5, 5.41) is 0. The lowest BCUT2D eigenvalue weighted by molar-refractivity contribution is -0.135. The summed E-state index contributed by atoms with van der Waals surface area (Å²) in [4.78, 5) is 29.7. The SMILES string of the molecule is CS(=O)(=O)CCN1CCN(C(=O)COc2ccc(N3CCCC3=O)cc2)CC1. The van der Waals surface area contributed by atoms with E-state index in [0.29, 0.717) is 44.9 Å². The maximum atomic E-state index is 12.3. The molecule has 0 saturated carbocycles. The summed E-state index contributed by atoms with van der Waals surface area (Å²) in [7, 11) is -2.97. The summed E-state index contributed by atoms with van der Waals surface area (Å²) in [5.74, 6) is 0.792. The molecule has 154 valence electrons. The maximum Gasteiger partial charge on any atom is 0.260 e. The van der Waals surface area contributed by atoms with E-state index in [1.54, 1.807) is 21.9 Å². The molecule has 0 radical (unpaired) electrons. The molecule has 2 aliphatic rings. The quantitative estimate of drug-likeness (QED) is 0.647. The van der Waals surface area contributed by atoms with Crippen molar-refractivity contribution in [3.63, 3.8) is 0 Å². The van der Waals surface area contributed by atoms with Crippen molar-refractivity contribution in [2.24, 2.45) is 0 Å². The minimum atomic E-state index is -2.97. The van der Waals surface area contributed by atoms with Crippen LogP contribution in [0.4, 0.5) is 5.69 Å². The number of carbonyl (C=O) groups excluding carboxylic acids is 2. The van der Waals surface area contributed by atoms with E-state index in [1.165, 1.54) is 6.26 Å². The molecule has 0 bridgehead atoms. The normalized spacial score (nSPS) is 18.5. The van der Waals surface area contributed by atoms with Crippen molar-refractivity contribution in [3.05, 3.63) is 24.3 Å². The molecule has 9 heteroatoms. The fourth-order valence-corrected chi connectivity index (χ4v) is 3.99. The zero-order valence-corrected chi connectivity index (χ0v) is 17.0. The van der Waals surface area contributed by atoms with Gasteiger partial charge in [-0.2, -0.15) is 0 Å². The van der Waals surface area contributed by atoms with E-state index < -0.39 is 9.84 Å². The molecule has 0 aliphatic carbocycles. The van der Waals surface area contributed by atoms with Crippen molar-refractivity contribution in [1.82, 2.24) is 9.80 Å². The minimum absolute atomic E-state index is 0.0364. The van der Waals surface area contributed by atoms with E-state index in [0.717, 1.165) is 18.7 Å². The number of nitrogens with zero attached hydrogens (tertiary/aromatic N) is 3.